The van der Waals surface area contributed by atoms with Gasteiger partial charge in [0.15, 0.2) is 0 Å². The highest BCUT2D eigenvalue weighted by molar-refractivity contribution is 7.80. The average Bonchev–Trinajstić information content (AvgIpc) is 2.46. The second kappa shape index (κ2) is 7.64. The molecule has 0 atom stereocenters. The first kappa shape index (κ1) is 15.3. The second-order valence-corrected chi connectivity index (χ2v) is 4.74. The first-order chi connectivity index (χ1) is 10.2. The van der Waals surface area contributed by atoms with Gasteiger partial charge in [-0.2, -0.15) is 12.6 Å². The molecule has 0 aliphatic carbocycles. The van der Waals surface area contributed by atoms with E-state index in [0.717, 1.165) is 0 Å². The van der Waals surface area contributed by atoms with Crippen LogP contribution in [0.4, 0.5) is 4.39 Å². The van der Waals surface area contributed by atoms with Gasteiger partial charge in [0.05, 0.1) is 12.2 Å². The highest BCUT2D eigenvalue weighted by Gasteiger charge is 2.03. The predicted molar refractivity (Wildman–Crippen MR) is 81.0 cm³/mol. The third-order valence-electron chi connectivity index (χ3n) is 2.63. The molecular formula is C15H15FN2O2S. The van der Waals surface area contributed by atoms with Crippen LogP contribution in [0.25, 0.3) is 0 Å². The third-order valence-corrected chi connectivity index (χ3v) is 2.85. The fraction of sp³-hybridized carbons (Fsp3) is 0.200. The first-order valence-electron chi connectivity index (χ1n) is 6.43. The summed E-state index contributed by atoms with van der Waals surface area (Å²) in [4.78, 5) is 15.5. The topological polar surface area (TPSA) is 51.2 Å². The maximum Gasteiger partial charge on any atom is 0.221 e. The SMILES string of the molecule is O=C(CCS)NCc1cc(Oc2cccc(F)c2)ccn1. The Morgan fingerprint density at radius 2 is 2.10 bits per heavy atom. The molecule has 1 heterocycles. The molecule has 110 valence electrons. The molecule has 0 saturated heterocycles. The molecule has 1 amide bonds. The molecule has 2 rings (SSSR count). The van der Waals surface area contributed by atoms with Crippen LogP contribution in [0.3, 0.4) is 0 Å². The number of amides is 1. The quantitative estimate of drug-likeness (QED) is 0.807. The fourth-order valence-corrected chi connectivity index (χ4v) is 1.86. The van der Waals surface area contributed by atoms with Crippen molar-refractivity contribution < 1.29 is 13.9 Å². The number of nitrogens with zero attached hydrogens (tertiary/aromatic N) is 1. The van der Waals surface area contributed by atoms with E-state index in [1.807, 2.05) is 0 Å². The highest BCUT2D eigenvalue weighted by Crippen LogP contribution is 2.21. The number of pyridine rings is 1. The van der Waals surface area contributed by atoms with E-state index in [-0.39, 0.29) is 11.7 Å². The molecule has 4 nitrogen and oxygen atoms in total. The summed E-state index contributed by atoms with van der Waals surface area (Å²) < 4.78 is 18.6. The normalized spacial score (nSPS) is 10.2. The van der Waals surface area contributed by atoms with Crippen LogP contribution in [0.5, 0.6) is 11.5 Å². The van der Waals surface area contributed by atoms with Crippen molar-refractivity contribution in [2.45, 2.75) is 13.0 Å². The molecule has 0 saturated carbocycles. The summed E-state index contributed by atoms with van der Waals surface area (Å²) in [5.41, 5.74) is 0.663. The molecule has 0 aliphatic heterocycles. The molecule has 6 heteroatoms. The van der Waals surface area contributed by atoms with Crippen molar-refractivity contribution in [2.75, 3.05) is 5.75 Å². The van der Waals surface area contributed by atoms with Gasteiger partial charge < -0.3 is 10.1 Å². The monoisotopic (exact) mass is 306 g/mol. The second-order valence-electron chi connectivity index (χ2n) is 4.29. The van der Waals surface area contributed by atoms with Crippen molar-refractivity contribution in [1.29, 1.82) is 0 Å². The van der Waals surface area contributed by atoms with Crippen LogP contribution < -0.4 is 10.1 Å². The van der Waals surface area contributed by atoms with Crippen LogP contribution in [0, 0.1) is 5.82 Å². The third kappa shape index (κ3) is 5.07. The van der Waals surface area contributed by atoms with Gasteiger partial charge in [0, 0.05) is 24.8 Å². The lowest BCUT2D eigenvalue weighted by molar-refractivity contribution is -0.120. The number of thiol groups is 1. The van der Waals surface area contributed by atoms with Crippen LogP contribution in [0.1, 0.15) is 12.1 Å². The minimum atomic E-state index is -0.360. The van der Waals surface area contributed by atoms with Crippen LogP contribution >= 0.6 is 12.6 Å². The fourth-order valence-electron chi connectivity index (χ4n) is 1.66. The lowest BCUT2D eigenvalue weighted by Crippen LogP contribution is -2.23. The molecule has 0 spiro atoms. The van der Waals surface area contributed by atoms with Gasteiger partial charge in [0.25, 0.3) is 0 Å². The molecule has 1 aromatic heterocycles. The molecule has 1 aromatic carbocycles. The summed E-state index contributed by atoms with van der Waals surface area (Å²) in [6.07, 6.45) is 1.94. The molecule has 0 aliphatic rings. The van der Waals surface area contributed by atoms with Gasteiger partial charge in [-0.3, -0.25) is 9.78 Å². The number of halogens is 1. The lowest BCUT2D eigenvalue weighted by atomic mass is 10.3. The molecular weight excluding hydrogens is 291 g/mol. The van der Waals surface area contributed by atoms with Crippen molar-refractivity contribution >= 4 is 18.5 Å². The summed E-state index contributed by atoms with van der Waals surface area (Å²) in [6, 6.07) is 9.26. The predicted octanol–water partition coefficient (Wildman–Crippen LogP) is 2.95. The van der Waals surface area contributed by atoms with Crippen molar-refractivity contribution in [2.24, 2.45) is 0 Å². The van der Waals surface area contributed by atoms with E-state index < -0.39 is 0 Å². The Bertz CT molecular complexity index is 622. The van der Waals surface area contributed by atoms with E-state index in [0.29, 0.717) is 35.9 Å². The minimum absolute atomic E-state index is 0.0803. The summed E-state index contributed by atoms with van der Waals surface area (Å²) in [6.45, 7) is 0.312. The number of carbonyl (C=O) groups is 1. The Balaban J connectivity index is 1.99. The van der Waals surface area contributed by atoms with Gasteiger partial charge in [-0.15, -0.1) is 0 Å². The molecule has 0 unspecified atom stereocenters. The van der Waals surface area contributed by atoms with Gasteiger partial charge in [0.1, 0.15) is 17.3 Å². The largest absolute Gasteiger partial charge is 0.457 e. The van der Waals surface area contributed by atoms with E-state index in [2.05, 4.69) is 22.9 Å². The Hall–Kier alpha value is -2.08. The van der Waals surface area contributed by atoms with E-state index in [1.165, 1.54) is 12.1 Å². The lowest BCUT2D eigenvalue weighted by Gasteiger charge is -2.08. The number of benzene rings is 1. The van der Waals surface area contributed by atoms with Gasteiger partial charge in [-0.1, -0.05) is 6.07 Å². The Kier molecular flexibility index (Phi) is 5.57. The van der Waals surface area contributed by atoms with Crippen molar-refractivity contribution in [1.82, 2.24) is 10.3 Å². The average molecular weight is 306 g/mol. The van der Waals surface area contributed by atoms with E-state index in [1.54, 1.807) is 30.5 Å². The van der Waals surface area contributed by atoms with Gasteiger partial charge in [0.2, 0.25) is 5.91 Å². The minimum Gasteiger partial charge on any atom is -0.457 e. The zero-order valence-electron chi connectivity index (χ0n) is 11.3. The van der Waals surface area contributed by atoms with Crippen molar-refractivity contribution in [3.8, 4) is 11.5 Å². The Morgan fingerprint density at radius 3 is 2.86 bits per heavy atom. The smallest absolute Gasteiger partial charge is 0.221 e. The number of nitrogens with one attached hydrogen (secondary N) is 1. The Morgan fingerprint density at radius 1 is 1.29 bits per heavy atom. The molecule has 2 aromatic rings. The van der Waals surface area contributed by atoms with Crippen molar-refractivity contribution in [3.05, 3.63) is 54.1 Å². The Labute approximate surface area is 127 Å². The zero-order chi connectivity index (χ0) is 15.1. The van der Waals surface area contributed by atoms with Gasteiger partial charge in [-0.05, 0) is 24.0 Å². The van der Waals surface area contributed by atoms with Gasteiger partial charge >= 0.3 is 0 Å². The highest BCUT2D eigenvalue weighted by atomic mass is 32.1. The summed E-state index contributed by atoms with van der Waals surface area (Å²) in [5, 5.41) is 2.73. The van der Waals surface area contributed by atoms with E-state index >= 15 is 0 Å². The summed E-state index contributed by atoms with van der Waals surface area (Å²) in [7, 11) is 0. The molecule has 1 N–H and O–H groups in total. The summed E-state index contributed by atoms with van der Waals surface area (Å²) >= 11 is 3.99. The number of hydrogen-bond donors (Lipinski definition) is 2. The van der Waals surface area contributed by atoms with Gasteiger partial charge in [-0.25, -0.2) is 4.39 Å². The van der Waals surface area contributed by atoms with Crippen LogP contribution in [-0.4, -0.2) is 16.6 Å². The zero-order valence-corrected chi connectivity index (χ0v) is 12.1. The van der Waals surface area contributed by atoms with E-state index in [9.17, 15) is 9.18 Å². The molecule has 0 bridgehead atoms. The maximum atomic E-state index is 13.1. The maximum absolute atomic E-state index is 13.1. The van der Waals surface area contributed by atoms with Crippen LogP contribution in [0.15, 0.2) is 42.6 Å². The first-order valence-corrected chi connectivity index (χ1v) is 7.06. The number of hydrogen-bond acceptors (Lipinski definition) is 4. The number of aromatic nitrogens is 1. The molecule has 0 radical (unpaired) electrons. The number of rotatable bonds is 6. The molecule has 0 fully saturated rings. The standard InChI is InChI=1S/C15H15FN2O2S/c16-11-2-1-3-13(8-11)20-14-4-6-17-12(9-14)10-18-15(19)5-7-21/h1-4,6,8-9,21H,5,7,10H2,(H,18,19). The van der Waals surface area contributed by atoms with E-state index in [4.69, 9.17) is 4.74 Å². The van der Waals surface area contributed by atoms with Crippen molar-refractivity contribution in [3.63, 3.8) is 0 Å². The van der Waals surface area contributed by atoms with Crippen LogP contribution in [0.2, 0.25) is 0 Å². The number of ether oxygens (including phenoxy) is 1. The molecule has 21 heavy (non-hydrogen) atoms. The van der Waals surface area contributed by atoms with Crippen LogP contribution in [-0.2, 0) is 11.3 Å². The summed E-state index contributed by atoms with van der Waals surface area (Å²) in [5.74, 6) is 1.01. The number of carbonyl (C=O) groups excluding carboxylic acids is 1.